The van der Waals surface area contributed by atoms with Gasteiger partial charge in [-0.15, -0.1) is 24.0 Å². The first-order valence-electron chi connectivity index (χ1n) is 8.88. The van der Waals surface area contributed by atoms with Crippen molar-refractivity contribution < 1.29 is 14.3 Å². The van der Waals surface area contributed by atoms with Crippen molar-refractivity contribution in [3.05, 3.63) is 29.8 Å². The number of hydrogen-bond donors (Lipinski definition) is 3. The molecule has 1 aromatic rings. The largest absolute Gasteiger partial charge is 0.497 e. The van der Waals surface area contributed by atoms with E-state index in [1.807, 2.05) is 39.0 Å². The van der Waals surface area contributed by atoms with Crippen LogP contribution in [0, 0.1) is 0 Å². The van der Waals surface area contributed by atoms with Crippen molar-refractivity contribution in [1.29, 1.82) is 0 Å². The summed E-state index contributed by atoms with van der Waals surface area (Å²) < 4.78 is 10.4. The van der Waals surface area contributed by atoms with E-state index in [4.69, 9.17) is 9.47 Å². The number of nitrogens with one attached hydrogen (secondary N) is 3. The van der Waals surface area contributed by atoms with Crippen LogP contribution in [0.1, 0.15) is 32.8 Å². The Bertz CT molecular complexity index is 589. The molecular formula is C19H33IN4O3. The molecule has 1 rings (SSSR count). The van der Waals surface area contributed by atoms with Crippen molar-refractivity contribution in [3.63, 3.8) is 0 Å². The zero-order chi connectivity index (χ0) is 19.4. The fraction of sp³-hybridized carbons (Fsp3) is 0.579. The Hall–Kier alpha value is -1.71. The molecule has 0 fully saturated rings. The third kappa shape index (κ3) is 12.3. The van der Waals surface area contributed by atoms with Crippen LogP contribution in [0.2, 0.25) is 0 Å². The smallest absolute Gasteiger partial charge is 0.407 e. The number of rotatable bonds is 8. The SMILES string of the molecule is CN=C(NCCCNC(=O)OC(C)(C)C)NCCc1cccc(OC)c1.I. The standard InChI is InChI=1S/C19H32N4O3.HI/c1-19(2,3)26-18(24)23-12-7-11-21-17(20-4)22-13-10-15-8-6-9-16(14-15)25-5;/h6,8-9,14H,7,10-13H2,1-5H3,(H,23,24)(H2,20,21,22);1H. The molecule has 0 unspecified atom stereocenters. The van der Waals surface area contributed by atoms with Crippen LogP contribution in [0.5, 0.6) is 5.75 Å². The predicted octanol–water partition coefficient (Wildman–Crippen LogP) is 2.94. The molecule has 0 aliphatic heterocycles. The van der Waals surface area contributed by atoms with Crippen molar-refractivity contribution in [2.24, 2.45) is 4.99 Å². The maximum atomic E-state index is 11.5. The van der Waals surface area contributed by atoms with E-state index in [0.29, 0.717) is 13.1 Å². The number of amides is 1. The molecule has 0 bridgehead atoms. The van der Waals surface area contributed by atoms with E-state index < -0.39 is 11.7 Å². The molecule has 7 nitrogen and oxygen atoms in total. The van der Waals surface area contributed by atoms with Gasteiger partial charge in [0.15, 0.2) is 5.96 Å². The second-order valence-electron chi connectivity index (χ2n) is 6.81. The molecule has 0 saturated heterocycles. The molecular weight excluding hydrogens is 459 g/mol. The van der Waals surface area contributed by atoms with Crippen LogP contribution in [0.15, 0.2) is 29.3 Å². The van der Waals surface area contributed by atoms with Crippen LogP contribution in [0.25, 0.3) is 0 Å². The lowest BCUT2D eigenvalue weighted by Crippen LogP contribution is -2.40. The molecule has 0 aromatic heterocycles. The van der Waals surface area contributed by atoms with E-state index in [-0.39, 0.29) is 24.0 Å². The van der Waals surface area contributed by atoms with E-state index in [9.17, 15) is 4.79 Å². The first-order chi connectivity index (χ1) is 12.3. The molecule has 0 heterocycles. The average molecular weight is 492 g/mol. The third-order valence-corrected chi connectivity index (χ3v) is 3.38. The van der Waals surface area contributed by atoms with Crippen molar-refractivity contribution in [2.75, 3.05) is 33.8 Å². The molecule has 0 aliphatic carbocycles. The Morgan fingerprint density at radius 1 is 1.11 bits per heavy atom. The van der Waals surface area contributed by atoms with Gasteiger partial charge < -0.3 is 25.4 Å². The van der Waals surface area contributed by atoms with Crippen molar-refractivity contribution in [3.8, 4) is 5.75 Å². The molecule has 0 aliphatic rings. The molecule has 0 spiro atoms. The van der Waals surface area contributed by atoms with Crippen LogP contribution in [0.3, 0.4) is 0 Å². The van der Waals surface area contributed by atoms with E-state index >= 15 is 0 Å². The summed E-state index contributed by atoms with van der Waals surface area (Å²) in [6, 6.07) is 8.02. The van der Waals surface area contributed by atoms with Crippen LogP contribution < -0.4 is 20.7 Å². The lowest BCUT2D eigenvalue weighted by molar-refractivity contribution is 0.0527. The van der Waals surface area contributed by atoms with Gasteiger partial charge in [-0.25, -0.2) is 4.79 Å². The number of methoxy groups -OCH3 is 1. The predicted molar refractivity (Wildman–Crippen MR) is 120 cm³/mol. The van der Waals surface area contributed by atoms with Gasteiger partial charge in [-0.2, -0.15) is 0 Å². The van der Waals surface area contributed by atoms with E-state index in [1.165, 1.54) is 5.56 Å². The fourth-order valence-electron chi connectivity index (χ4n) is 2.17. The van der Waals surface area contributed by atoms with Gasteiger partial charge in [0.2, 0.25) is 0 Å². The first-order valence-corrected chi connectivity index (χ1v) is 8.88. The summed E-state index contributed by atoms with van der Waals surface area (Å²) in [6.07, 6.45) is 1.26. The molecule has 27 heavy (non-hydrogen) atoms. The average Bonchev–Trinajstić information content (AvgIpc) is 2.58. The van der Waals surface area contributed by atoms with E-state index in [2.05, 4.69) is 27.0 Å². The quantitative estimate of drug-likeness (QED) is 0.225. The Kier molecular flexibility index (Phi) is 12.6. The van der Waals surface area contributed by atoms with E-state index in [1.54, 1.807) is 14.2 Å². The summed E-state index contributed by atoms with van der Waals surface area (Å²) in [5, 5.41) is 9.23. The van der Waals surface area contributed by atoms with Gasteiger partial charge in [-0.1, -0.05) is 12.1 Å². The maximum Gasteiger partial charge on any atom is 0.407 e. The van der Waals surface area contributed by atoms with Gasteiger partial charge in [0.25, 0.3) is 0 Å². The molecule has 3 N–H and O–H groups in total. The topological polar surface area (TPSA) is 84.0 Å². The highest BCUT2D eigenvalue weighted by molar-refractivity contribution is 14.0. The number of nitrogens with zero attached hydrogens (tertiary/aromatic N) is 1. The first kappa shape index (κ1) is 25.3. The second-order valence-corrected chi connectivity index (χ2v) is 6.81. The number of ether oxygens (including phenoxy) is 2. The zero-order valence-electron chi connectivity index (χ0n) is 16.9. The molecule has 154 valence electrons. The summed E-state index contributed by atoms with van der Waals surface area (Å²) in [6.45, 7) is 7.54. The second kappa shape index (κ2) is 13.5. The van der Waals surface area contributed by atoms with Gasteiger partial charge in [-0.05, 0) is 51.3 Å². The van der Waals surface area contributed by atoms with Gasteiger partial charge in [-0.3, -0.25) is 4.99 Å². The summed E-state index contributed by atoms with van der Waals surface area (Å²) in [5.41, 5.74) is 0.728. The molecule has 0 saturated carbocycles. The molecule has 8 heteroatoms. The van der Waals surface area contributed by atoms with Crippen LogP contribution in [-0.2, 0) is 11.2 Å². The maximum absolute atomic E-state index is 11.5. The van der Waals surface area contributed by atoms with Gasteiger partial charge in [0.1, 0.15) is 11.4 Å². The number of aliphatic imine (C=N–C) groups is 1. The number of carbonyl (C=O) groups is 1. The number of halogens is 1. The van der Waals surface area contributed by atoms with Crippen molar-refractivity contribution in [2.45, 2.75) is 39.2 Å². The number of hydrogen-bond acceptors (Lipinski definition) is 4. The van der Waals surface area contributed by atoms with Crippen LogP contribution in [0.4, 0.5) is 4.79 Å². The Labute approximate surface area is 179 Å². The Morgan fingerprint density at radius 3 is 2.41 bits per heavy atom. The summed E-state index contributed by atoms with van der Waals surface area (Å²) in [5.74, 6) is 1.60. The number of carbonyl (C=O) groups excluding carboxylic acids is 1. The third-order valence-electron chi connectivity index (χ3n) is 3.38. The molecule has 1 amide bonds. The molecule has 1 aromatic carbocycles. The number of alkyl carbamates (subject to hydrolysis) is 1. The highest BCUT2D eigenvalue weighted by atomic mass is 127. The minimum Gasteiger partial charge on any atom is -0.497 e. The highest BCUT2D eigenvalue weighted by Crippen LogP contribution is 2.12. The number of guanidine groups is 1. The Balaban J connectivity index is 0.00000676. The Morgan fingerprint density at radius 2 is 1.78 bits per heavy atom. The van der Waals surface area contributed by atoms with Gasteiger partial charge in [0.05, 0.1) is 7.11 Å². The zero-order valence-corrected chi connectivity index (χ0v) is 19.3. The summed E-state index contributed by atoms with van der Waals surface area (Å²) >= 11 is 0. The van der Waals surface area contributed by atoms with Gasteiger partial charge >= 0.3 is 6.09 Å². The molecule has 0 atom stereocenters. The molecule has 0 radical (unpaired) electrons. The van der Waals surface area contributed by atoms with Gasteiger partial charge in [0, 0.05) is 26.7 Å². The van der Waals surface area contributed by atoms with Crippen LogP contribution in [-0.4, -0.2) is 51.4 Å². The number of benzene rings is 1. The van der Waals surface area contributed by atoms with Crippen molar-refractivity contribution in [1.82, 2.24) is 16.0 Å². The van der Waals surface area contributed by atoms with E-state index in [0.717, 1.165) is 31.1 Å². The monoisotopic (exact) mass is 492 g/mol. The lowest BCUT2D eigenvalue weighted by atomic mass is 10.1. The minimum absolute atomic E-state index is 0. The lowest BCUT2D eigenvalue weighted by Gasteiger charge is -2.19. The summed E-state index contributed by atoms with van der Waals surface area (Å²) in [7, 11) is 3.40. The highest BCUT2D eigenvalue weighted by Gasteiger charge is 2.15. The van der Waals surface area contributed by atoms with Crippen molar-refractivity contribution >= 4 is 36.0 Å². The minimum atomic E-state index is -0.475. The summed E-state index contributed by atoms with van der Waals surface area (Å²) in [4.78, 5) is 15.7. The normalized spacial score (nSPS) is 11.2. The fourth-order valence-corrected chi connectivity index (χ4v) is 2.17. The van der Waals surface area contributed by atoms with Crippen LogP contribution >= 0.6 is 24.0 Å².